The van der Waals surface area contributed by atoms with E-state index in [1.807, 2.05) is 18.4 Å². The predicted octanol–water partition coefficient (Wildman–Crippen LogP) is 1.94. The molecule has 2 amide bonds. The largest absolute Gasteiger partial charge is 0.492 e. The molecule has 2 rings (SSSR count). The Balaban J connectivity index is 1.89. The van der Waals surface area contributed by atoms with Crippen LogP contribution in [0.2, 0.25) is 0 Å². The quantitative estimate of drug-likeness (QED) is 0.705. The zero-order valence-corrected chi connectivity index (χ0v) is 13.4. The molecule has 0 aliphatic heterocycles. The first kappa shape index (κ1) is 17.0. The highest BCUT2D eigenvalue weighted by atomic mass is 32.1. The lowest BCUT2D eigenvalue weighted by Gasteiger charge is -2.12. The normalized spacial score (nSPS) is 11.6. The summed E-state index contributed by atoms with van der Waals surface area (Å²) in [4.78, 5) is 24.5. The van der Waals surface area contributed by atoms with Crippen LogP contribution in [-0.2, 0) is 9.59 Å². The molecule has 1 atom stereocenters. The van der Waals surface area contributed by atoms with Crippen LogP contribution >= 0.6 is 11.3 Å². The van der Waals surface area contributed by atoms with Gasteiger partial charge in [-0.15, -0.1) is 11.3 Å². The van der Waals surface area contributed by atoms with Gasteiger partial charge in [0, 0.05) is 11.4 Å². The van der Waals surface area contributed by atoms with E-state index < -0.39 is 17.9 Å². The number of thiophene rings is 1. The van der Waals surface area contributed by atoms with E-state index in [9.17, 15) is 14.7 Å². The third-order valence-corrected chi connectivity index (χ3v) is 3.94. The number of hydrogen-bond acceptors (Lipinski definition) is 5. The number of carbonyl (C=O) groups excluding carboxylic acids is 2. The summed E-state index contributed by atoms with van der Waals surface area (Å²) >= 11 is 1.38. The molecule has 0 aliphatic rings. The van der Waals surface area contributed by atoms with Gasteiger partial charge >= 0.3 is 11.8 Å². The van der Waals surface area contributed by atoms with Crippen LogP contribution in [0.15, 0.2) is 41.8 Å². The van der Waals surface area contributed by atoms with Gasteiger partial charge in [-0.2, -0.15) is 0 Å². The van der Waals surface area contributed by atoms with E-state index in [2.05, 4.69) is 10.6 Å². The minimum absolute atomic E-state index is 0.0279. The predicted molar refractivity (Wildman–Crippen MR) is 88.5 cm³/mol. The van der Waals surface area contributed by atoms with Gasteiger partial charge in [0.1, 0.15) is 11.9 Å². The summed E-state index contributed by atoms with van der Waals surface area (Å²) in [6.45, 7) is 2.25. The van der Waals surface area contributed by atoms with Crippen molar-refractivity contribution in [1.82, 2.24) is 5.32 Å². The van der Waals surface area contributed by atoms with E-state index in [0.717, 1.165) is 4.88 Å². The summed E-state index contributed by atoms with van der Waals surface area (Å²) in [5, 5.41) is 16.6. The van der Waals surface area contributed by atoms with Crippen LogP contribution in [0.4, 0.5) is 5.69 Å². The number of nitrogens with one attached hydrogen (secondary N) is 2. The van der Waals surface area contributed by atoms with Crippen LogP contribution in [0.5, 0.6) is 5.75 Å². The van der Waals surface area contributed by atoms with Crippen molar-refractivity contribution >= 4 is 28.8 Å². The van der Waals surface area contributed by atoms with Crippen molar-refractivity contribution in [3.8, 4) is 5.75 Å². The number of aliphatic hydroxyl groups is 1. The van der Waals surface area contributed by atoms with Crippen molar-refractivity contribution in [2.24, 2.45) is 0 Å². The van der Waals surface area contributed by atoms with E-state index >= 15 is 0 Å². The SMILES string of the molecule is CCOc1ccccc1NC(=O)C(=O)NC[C@@H](O)c1cccs1. The van der Waals surface area contributed by atoms with Gasteiger partial charge in [-0.05, 0) is 30.5 Å². The molecule has 0 fully saturated rings. The number of ether oxygens (including phenoxy) is 1. The molecule has 0 bridgehead atoms. The maximum absolute atomic E-state index is 11.9. The molecule has 1 aromatic heterocycles. The Labute approximate surface area is 138 Å². The van der Waals surface area contributed by atoms with E-state index in [0.29, 0.717) is 18.0 Å². The van der Waals surface area contributed by atoms with E-state index in [4.69, 9.17) is 4.74 Å². The van der Waals surface area contributed by atoms with Crippen molar-refractivity contribution < 1.29 is 19.4 Å². The molecule has 3 N–H and O–H groups in total. The standard InChI is InChI=1S/C16H18N2O4S/c1-2-22-13-7-4-3-6-11(13)18-16(21)15(20)17-10-12(19)14-8-5-9-23-14/h3-9,12,19H,2,10H2,1H3,(H,17,20)(H,18,21)/t12-/m1/s1. The number of anilines is 1. The topological polar surface area (TPSA) is 87.7 Å². The Morgan fingerprint density at radius 3 is 2.70 bits per heavy atom. The molecule has 1 heterocycles. The lowest BCUT2D eigenvalue weighted by atomic mass is 10.2. The summed E-state index contributed by atoms with van der Waals surface area (Å²) in [6.07, 6.45) is -0.831. The van der Waals surface area contributed by atoms with E-state index in [1.165, 1.54) is 11.3 Å². The molecule has 2 aromatic rings. The second kappa shape index (κ2) is 8.30. The summed E-state index contributed by atoms with van der Waals surface area (Å²) in [5.41, 5.74) is 0.424. The van der Waals surface area contributed by atoms with Gasteiger partial charge < -0.3 is 20.5 Å². The molecular weight excluding hydrogens is 316 g/mol. The Kier molecular flexibility index (Phi) is 6.13. The van der Waals surface area contributed by atoms with Crippen molar-refractivity contribution in [3.63, 3.8) is 0 Å². The highest BCUT2D eigenvalue weighted by molar-refractivity contribution is 7.10. The second-order valence-electron chi connectivity index (χ2n) is 4.62. The Bertz CT molecular complexity index is 658. The van der Waals surface area contributed by atoms with E-state index in [1.54, 1.807) is 30.3 Å². The Morgan fingerprint density at radius 1 is 1.22 bits per heavy atom. The van der Waals surface area contributed by atoms with Gasteiger partial charge in [0.05, 0.1) is 12.3 Å². The third kappa shape index (κ3) is 4.80. The number of amides is 2. The van der Waals surface area contributed by atoms with Crippen LogP contribution in [0.25, 0.3) is 0 Å². The summed E-state index contributed by atoms with van der Waals surface area (Å²) in [7, 11) is 0. The fraction of sp³-hybridized carbons (Fsp3) is 0.250. The van der Waals surface area contributed by atoms with Crippen molar-refractivity contribution in [3.05, 3.63) is 46.7 Å². The van der Waals surface area contributed by atoms with Gasteiger partial charge in [-0.3, -0.25) is 9.59 Å². The van der Waals surface area contributed by atoms with Gasteiger partial charge in [-0.25, -0.2) is 0 Å². The van der Waals surface area contributed by atoms with Crippen molar-refractivity contribution in [2.75, 3.05) is 18.5 Å². The van der Waals surface area contributed by atoms with Crippen LogP contribution < -0.4 is 15.4 Å². The fourth-order valence-corrected chi connectivity index (χ4v) is 2.59. The molecule has 0 saturated carbocycles. The number of benzene rings is 1. The smallest absolute Gasteiger partial charge is 0.313 e. The zero-order chi connectivity index (χ0) is 16.7. The number of carbonyl (C=O) groups is 2. The van der Waals surface area contributed by atoms with Crippen molar-refractivity contribution in [1.29, 1.82) is 0 Å². The summed E-state index contributed by atoms with van der Waals surface area (Å²) in [6, 6.07) is 10.4. The second-order valence-corrected chi connectivity index (χ2v) is 5.60. The number of hydrogen-bond donors (Lipinski definition) is 3. The lowest BCUT2D eigenvalue weighted by Crippen LogP contribution is -2.37. The average Bonchev–Trinajstić information content (AvgIpc) is 3.09. The highest BCUT2D eigenvalue weighted by Gasteiger charge is 2.17. The Hall–Kier alpha value is -2.38. The minimum atomic E-state index is -0.831. The molecule has 0 saturated heterocycles. The highest BCUT2D eigenvalue weighted by Crippen LogP contribution is 2.23. The summed E-state index contributed by atoms with van der Waals surface area (Å²) < 4.78 is 5.38. The minimum Gasteiger partial charge on any atom is -0.492 e. The summed E-state index contributed by atoms with van der Waals surface area (Å²) in [5.74, 6) is -1.13. The lowest BCUT2D eigenvalue weighted by molar-refractivity contribution is -0.136. The molecule has 0 radical (unpaired) electrons. The number of aliphatic hydroxyl groups excluding tert-OH is 1. The maximum Gasteiger partial charge on any atom is 0.313 e. The molecule has 23 heavy (non-hydrogen) atoms. The van der Waals surface area contributed by atoms with Gasteiger partial charge in [-0.1, -0.05) is 18.2 Å². The fourth-order valence-electron chi connectivity index (χ4n) is 1.88. The van der Waals surface area contributed by atoms with Crippen LogP contribution in [0.3, 0.4) is 0 Å². The molecule has 6 nitrogen and oxygen atoms in total. The third-order valence-electron chi connectivity index (χ3n) is 2.97. The first-order valence-electron chi connectivity index (χ1n) is 7.14. The first-order chi connectivity index (χ1) is 11.1. The Morgan fingerprint density at radius 2 is 2.00 bits per heavy atom. The molecule has 122 valence electrons. The average molecular weight is 334 g/mol. The first-order valence-corrected chi connectivity index (χ1v) is 8.02. The molecule has 7 heteroatoms. The molecule has 0 unspecified atom stereocenters. The van der Waals surface area contributed by atoms with Crippen LogP contribution in [0.1, 0.15) is 17.9 Å². The zero-order valence-electron chi connectivity index (χ0n) is 12.6. The molecular formula is C16H18N2O4S. The maximum atomic E-state index is 11.9. The van der Waals surface area contributed by atoms with Gasteiger partial charge in [0.2, 0.25) is 0 Å². The van der Waals surface area contributed by atoms with Gasteiger partial charge in [0.25, 0.3) is 0 Å². The van der Waals surface area contributed by atoms with Crippen molar-refractivity contribution in [2.45, 2.75) is 13.0 Å². The van der Waals surface area contributed by atoms with Crippen LogP contribution in [0, 0.1) is 0 Å². The van der Waals surface area contributed by atoms with Gasteiger partial charge in [0.15, 0.2) is 0 Å². The number of para-hydroxylation sites is 2. The van der Waals surface area contributed by atoms with Crippen LogP contribution in [-0.4, -0.2) is 30.1 Å². The molecule has 0 spiro atoms. The number of rotatable bonds is 6. The monoisotopic (exact) mass is 334 g/mol. The van der Waals surface area contributed by atoms with E-state index in [-0.39, 0.29) is 6.54 Å². The molecule has 0 aliphatic carbocycles. The molecule has 1 aromatic carbocycles.